The third-order valence-electron chi connectivity index (χ3n) is 10.3. The van der Waals surface area contributed by atoms with Crippen molar-refractivity contribution in [2.45, 2.75) is 211 Å². The number of rotatable bonds is 34. The van der Waals surface area contributed by atoms with Crippen molar-refractivity contribution >= 4 is 58.0 Å². The number of hydrogen-bond donors (Lipinski definition) is 2. The molecule has 0 saturated carbocycles. The molecule has 0 spiro atoms. The minimum Gasteiger partial charge on any atom is -0.456 e. The van der Waals surface area contributed by atoms with E-state index in [1.807, 2.05) is 0 Å². The first-order valence-electron chi connectivity index (χ1n) is 21.9. The van der Waals surface area contributed by atoms with Gasteiger partial charge in [-0.15, -0.1) is 0 Å². The maximum Gasteiger partial charge on any atom is 0.173 e. The molecule has 0 radical (unpaired) electrons. The Hall–Kier alpha value is 1.16. The molecule has 9 nitrogen and oxygen atoms in total. The maximum absolute atomic E-state index is 10.9. The van der Waals surface area contributed by atoms with Gasteiger partial charge in [0.15, 0.2) is 49.9 Å². The van der Waals surface area contributed by atoms with E-state index in [1.165, 1.54) is 24.2 Å². The Labute approximate surface area is 348 Å². The Bertz CT molecular complexity index is 989. The summed E-state index contributed by atoms with van der Waals surface area (Å²) in [5.41, 5.74) is 0. The van der Waals surface area contributed by atoms with Crippen molar-refractivity contribution in [2.24, 2.45) is 0 Å². The van der Waals surface area contributed by atoms with E-state index in [-0.39, 0.29) is 13.2 Å². The predicted molar refractivity (Wildman–Crippen MR) is 254 cm³/mol. The normalized spacial score (nSPS) is 16.4. The van der Waals surface area contributed by atoms with Crippen LogP contribution in [0.25, 0.3) is 0 Å². The first-order chi connectivity index (χ1) is 25.1. The quantitative estimate of drug-likeness (QED) is 0.0482. The average molecular weight is 904 g/mol. The third kappa shape index (κ3) is 26.9. The molecule has 0 heterocycles. The molecule has 332 valence electrons. The van der Waals surface area contributed by atoms with E-state index < -0.39 is 82.4 Å². The molecule has 4 atom stereocenters. The van der Waals surface area contributed by atoms with Crippen LogP contribution in [0.5, 0.6) is 0 Å². The number of hydrogen-bond acceptors (Lipinski definition) is 9. The summed E-state index contributed by atoms with van der Waals surface area (Å²) >= 11 is 0. The van der Waals surface area contributed by atoms with Crippen LogP contribution in [0.15, 0.2) is 0 Å². The molecule has 0 amide bonds. The molecule has 0 aliphatic heterocycles. The van der Waals surface area contributed by atoms with E-state index >= 15 is 0 Å². The highest BCUT2D eigenvalue weighted by Crippen LogP contribution is 2.28. The van der Waals surface area contributed by atoms with Gasteiger partial charge < -0.3 is 41.5 Å². The van der Waals surface area contributed by atoms with Gasteiger partial charge in [0.2, 0.25) is 0 Å². The molecule has 16 heteroatoms. The summed E-state index contributed by atoms with van der Waals surface area (Å²) in [6, 6.07) is 8.01. The van der Waals surface area contributed by atoms with Gasteiger partial charge in [-0.2, -0.15) is 0 Å². The van der Waals surface area contributed by atoms with Crippen LogP contribution in [-0.2, 0) is 31.3 Å². The lowest BCUT2D eigenvalue weighted by Gasteiger charge is -2.37. The maximum atomic E-state index is 10.9. The summed E-state index contributed by atoms with van der Waals surface area (Å²) in [5.74, 6) is 0. The number of ether oxygens (including phenoxy) is 4. The molecular formula is C39H94O9Si7. The van der Waals surface area contributed by atoms with Gasteiger partial charge in [0.05, 0.1) is 21.3 Å². The minimum atomic E-state index is -1.87. The Balaban J connectivity index is 6.37. The van der Waals surface area contributed by atoms with Crippen LogP contribution in [-0.4, -0.2) is 132 Å². The van der Waals surface area contributed by atoms with Gasteiger partial charge in [0.25, 0.3) is 0 Å². The van der Waals surface area contributed by atoms with Gasteiger partial charge in [0, 0.05) is 26.4 Å². The molecule has 0 rings (SSSR count). The average Bonchev–Trinajstić information content (AvgIpc) is 3.01. The standard InChI is InChI=1S/C39H94O9Si7/c1-19-55(20-2,21-3)33-25-29-45-39(37(35-41)43-27-23-31-53(15,16)47-50(7,8)9)38(44-28-24-32-54(17,18)48-51(10,11)12)36(34-40)42-26-22-30-52(13,14)46-49(4,5)6/h36-41H,19-35H2,1-18H3. The summed E-state index contributed by atoms with van der Waals surface area (Å²) in [5, 5.41) is 21.8. The van der Waals surface area contributed by atoms with E-state index in [4.69, 9.17) is 31.3 Å². The second-order valence-corrected chi connectivity index (χ2v) is 53.6. The number of aliphatic hydroxyl groups excluding tert-OH is 2. The Morgan fingerprint density at radius 3 is 0.873 bits per heavy atom. The van der Waals surface area contributed by atoms with Crippen LogP contribution in [0.1, 0.15) is 46.5 Å². The van der Waals surface area contributed by atoms with Gasteiger partial charge in [-0.25, -0.2) is 0 Å². The lowest BCUT2D eigenvalue weighted by atomic mass is 10.0. The second kappa shape index (κ2) is 25.8. The fourth-order valence-corrected chi connectivity index (χ4v) is 35.7. The molecule has 0 aliphatic rings. The van der Waals surface area contributed by atoms with Crippen molar-refractivity contribution < 1.29 is 41.5 Å². The first kappa shape index (κ1) is 56.2. The van der Waals surface area contributed by atoms with Crippen molar-refractivity contribution in [1.82, 2.24) is 0 Å². The molecule has 55 heavy (non-hydrogen) atoms. The van der Waals surface area contributed by atoms with E-state index in [2.05, 4.69) is 119 Å². The Morgan fingerprint density at radius 2 is 0.636 bits per heavy atom. The van der Waals surface area contributed by atoms with Gasteiger partial charge in [-0.1, -0.05) is 44.9 Å². The summed E-state index contributed by atoms with van der Waals surface area (Å²) in [6.07, 6.45) is 1.06. The van der Waals surface area contributed by atoms with Crippen molar-refractivity contribution in [1.29, 1.82) is 0 Å². The molecule has 0 fully saturated rings. The highest BCUT2D eigenvalue weighted by molar-refractivity contribution is 6.85. The van der Waals surface area contributed by atoms with Crippen LogP contribution in [0.2, 0.25) is 141 Å². The van der Waals surface area contributed by atoms with E-state index in [1.54, 1.807) is 0 Å². The molecule has 0 saturated heterocycles. The fourth-order valence-electron chi connectivity index (χ4n) is 8.10. The van der Waals surface area contributed by atoms with E-state index in [0.29, 0.717) is 26.4 Å². The minimum absolute atomic E-state index is 0.204. The molecule has 0 aromatic heterocycles. The zero-order chi connectivity index (χ0) is 42.8. The molecule has 0 aliphatic carbocycles. The van der Waals surface area contributed by atoms with Crippen LogP contribution in [0, 0.1) is 0 Å². The first-order valence-corrected chi connectivity index (χ1v) is 44.3. The lowest BCUT2D eigenvalue weighted by molar-refractivity contribution is -0.191. The zero-order valence-corrected chi connectivity index (χ0v) is 46.6. The Kier molecular flexibility index (Phi) is 26.4. The van der Waals surface area contributed by atoms with E-state index in [0.717, 1.165) is 43.8 Å². The van der Waals surface area contributed by atoms with Crippen LogP contribution >= 0.6 is 0 Å². The SMILES string of the molecule is CC[Si](CC)(CC)CCCOC(C(CO)OCCC[Si](C)(C)O[Si](C)(C)C)C(OCCC[Si](C)(C)O[Si](C)(C)C)C(CO)OCCC[Si](C)(C)O[Si](C)(C)C. The van der Waals surface area contributed by atoms with Crippen LogP contribution in [0.3, 0.4) is 0 Å². The second-order valence-electron chi connectivity index (χ2n) is 20.8. The molecule has 0 bridgehead atoms. The molecule has 0 aromatic rings. The van der Waals surface area contributed by atoms with Crippen molar-refractivity contribution in [2.75, 3.05) is 39.6 Å². The topological polar surface area (TPSA) is 105 Å². The third-order valence-corrected chi connectivity index (χ3v) is 34.9. The molecule has 4 unspecified atom stereocenters. The van der Waals surface area contributed by atoms with Gasteiger partial charge in [-0.05, 0) is 142 Å². The fraction of sp³-hybridized carbons (Fsp3) is 1.00. The van der Waals surface area contributed by atoms with Crippen molar-refractivity contribution in [3.05, 3.63) is 0 Å². The van der Waals surface area contributed by atoms with Gasteiger partial charge in [0.1, 0.15) is 24.4 Å². The Morgan fingerprint density at radius 1 is 0.382 bits per heavy atom. The summed E-state index contributed by atoms with van der Waals surface area (Å²) in [4.78, 5) is 0. The van der Waals surface area contributed by atoms with Crippen LogP contribution < -0.4 is 0 Å². The van der Waals surface area contributed by atoms with E-state index in [9.17, 15) is 10.2 Å². The van der Waals surface area contributed by atoms with Crippen molar-refractivity contribution in [3.8, 4) is 0 Å². The molecule has 2 N–H and O–H groups in total. The zero-order valence-electron chi connectivity index (χ0n) is 39.6. The highest BCUT2D eigenvalue weighted by atomic mass is 28.4. The molecular weight excluding hydrogens is 809 g/mol. The smallest absolute Gasteiger partial charge is 0.173 e. The largest absolute Gasteiger partial charge is 0.456 e. The van der Waals surface area contributed by atoms with Gasteiger partial charge in [-0.3, -0.25) is 0 Å². The highest BCUT2D eigenvalue weighted by Gasteiger charge is 2.39. The van der Waals surface area contributed by atoms with Crippen molar-refractivity contribution in [3.63, 3.8) is 0 Å². The summed E-state index contributed by atoms with van der Waals surface area (Å²) < 4.78 is 46.4. The van der Waals surface area contributed by atoms with Gasteiger partial charge >= 0.3 is 0 Å². The monoisotopic (exact) mass is 903 g/mol. The number of aliphatic hydroxyl groups is 2. The predicted octanol–water partition coefficient (Wildman–Crippen LogP) is 10.8. The summed E-state index contributed by atoms with van der Waals surface area (Å²) in [7, 11) is -11.8. The van der Waals surface area contributed by atoms with Crippen LogP contribution in [0.4, 0.5) is 0 Å². The lowest BCUT2D eigenvalue weighted by Crippen LogP contribution is -2.52. The molecule has 0 aromatic carbocycles. The summed E-state index contributed by atoms with van der Waals surface area (Å²) in [6.45, 7) is 42.7.